The third kappa shape index (κ3) is 3.56. The van der Waals surface area contributed by atoms with Crippen LogP contribution in [0.5, 0.6) is 0 Å². The van der Waals surface area contributed by atoms with Gasteiger partial charge in [-0.05, 0) is 43.2 Å². The lowest BCUT2D eigenvalue weighted by Crippen LogP contribution is -2.32. The van der Waals surface area contributed by atoms with E-state index in [0.717, 1.165) is 18.5 Å². The van der Waals surface area contributed by atoms with Gasteiger partial charge in [0.25, 0.3) is 5.91 Å². The molecular formula is C21H22ClN3O2. The van der Waals surface area contributed by atoms with E-state index >= 15 is 0 Å². The number of aromatic nitrogens is 1. The standard InChI is InChI=1S/C21H22ClN3O2/c1-24(13-17-7-2-3-9-23-17)20(27)18-12-21(18)8-10-25(14-21)19(26)15-5-4-6-16(22)11-15/h2-7,9,11,18H,8,10,12-14H2,1H3/t18-,21-/m1/s1. The summed E-state index contributed by atoms with van der Waals surface area (Å²) in [5.41, 5.74) is 1.44. The molecule has 2 aromatic rings. The molecule has 0 radical (unpaired) electrons. The fourth-order valence-corrected chi connectivity index (χ4v) is 4.29. The first kappa shape index (κ1) is 18.0. The van der Waals surface area contributed by atoms with E-state index in [1.165, 1.54) is 0 Å². The average molecular weight is 384 g/mol. The molecule has 2 amide bonds. The van der Waals surface area contributed by atoms with Crippen molar-refractivity contribution in [1.29, 1.82) is 0 Å². The minimum Gasteiger partial charge on any atom is -0.340 e. The Morgan fingerprint density at radius 1 is 1.30 bits per heavy atom. The van der Waals surface area contributed by atoms with Crippen molar-refractivity contribution < 1.29 is 9.59 Å². The number of benzene rings is 1. The molecule has 140 valence electrons. The predicted molar refractivity (Wildman–Crippen MR) is 103 cm³/mol. The summed E-state index contributed by atoms with van der Waals surface area (Å²) in [6, 6.07) is 12.8. The van der Waals surface area contributed by atoms with Crippen molar-refractivity contribution in [1.82, 2.24) is 14.8 Å². The lowest BCUT2D eigenvalue weighted by molar-refractivity contribution is -0.132. The van der Waals surface area contributed by atoms with E-state index in [2.05, 4.69) is 4.98 Å². The molecule has 27 heavy (non-hydrogen) atoms. The molecule has 2 atom stereocenters. The summed E-state index contributed by atoms with van der Waals surface area (Å²) in [7, 11) is 1.83. The highest BCUT2D eigenvalue weighted by Gasteiger charge is 2.61. The van der Waals surface area contributed by atoms with Gasteiger partial charge in [0, 0.05) is 48.3 Å². The number of pyridine rings is 1. The summed E-state index contributed by atoms with van der Waals surface area (Å²) >= 11 is 6.00. The molecule has 0 unspecified atom stereocenters. The number of hydrogen-bond donors (Lipinski definition) is 0. The van der Waals surface area contributed by atoms with Gasteiger partial charge >= 0.3 is 0 Å². The minimum atomic E-state index is -0.0519. The molecule has 0 N–H and O–H groups in total. The Morgan fingerprint density at radius 2 is 2.15 bits per heavy atom. The predicted octanol–water partition coefficient (Wildman–Crippen LogP) is 3.25. The zero-order valence-corrected chi connectivity index (χ0v) is 16.0. The number of rotatable bonds is 4. The average Bonchev–Trinajstić information content (AvgIpc) is 3.20. The van der Waals surface area contributed by atoms with E-state index in [-0.39, 0.29) is 23.1 Å². The number of hydrogen-bond acceptors (Lipinski definition) is 3. The fourth-order valence-electron chi connectivity index (χ4n) is 4.10. The Bertz CT molecular complexity index is 873. The van der Waals surface area contributed by atoms with E-state index in [4.69, 9.17) is 11.6 Å². The quantitative estimate of drug-likeness (QED) is 0.814. The molecule has 1 aromatic carbocycles. The number of likely N-dealkylation sites (tertiary alicyclic amines) is 1. The van der Waals surface area contributed by atoms with Gasteiger partial charge in [-0.25, -0.2) is 0 Å². The minimum absolute atomic E-state index is 0.00312. The van der Waals surface area contributed by atoms with Crippen LogP contribution in [-0.4, -0.2) is 46.7 Å². The monoisotopic (exact) mass is 383 g/mol. The van der Waals surface area contributed by atoms with Crippen molar-refractivity contribution in [3.8, 4) is 0 Å². The van der Waals surface area contributed by atoms with E-state index in [1.54, 1.807) is 35.4 Å². The first-order chi connectivity index (χ1) is 13.0. The Kier molecular flexibility index (Phi) is 4.64. The maximum atomic E-state index is 12.8. The summed E-state index contributed by atoms with van der Waals surface area (Å²) in [6.07, 6.45) is 3.48. The van der Waals surface area contributed by atoms with Crippen molar-refractivity contribution in [2.75, 3.05) is 20.1 Å². The highest BCUT2D eigenvalue weighted by molar-refractivity contribution is 6.30. The van der Waals surface area contributed by atoms with Crippen molar-refractivity contribution >= 4 is 23.4 Å². The van der Waals surface area contributed by atoms with Crippen LogP contribution < -0.4 is 0 Å². The molecule has 1 saturated carbocycles. The maximum absolute atomic E-state index is 12.8. The lowest BCUT2D eigenvalue weighted by Gasteiger charge is -2.19. The Morgan fingerprint density at radius 3 is 2.89 bits per heavy atom. The normalized spacial score (nSPS) is 23.5. The van der Waals surface area contributed by atoms with Gasteiger partial charge in [-0.3, -0.25) is 14.6 Å². The van der Waals surface area contributed by atoms with Crippen molar-refractivity contribution in [2.24, 2.45) is 11.3 Å². The third-order valence-corrected chi connectivity index (χ3v) is 5.97. The summed E-state index contributed by atoms with van der Waals surface area (Å²) in [5, 5.41) is 0.561. The molecule has 5 nitrogen and oxygen atoms in total. The third-order valence-electron chi connectivity index (χ3n) is 5.73. The zero-order chi connectivity index (χ0) is 19.0. The molecule has 1 saturated heterocycles. The molecule has 0 bridgehead atoms. The summed E-state index contributed by atoms with van der Waals surface area (Å²) in [6.45, 7) is 1.85. The van der Waals surface area contributed by atoms with Crippen LogP contribution in [0.4, 0.5) is 0 Å². The topological polar surface area (TPSA) is 53.5 Å². The molecule has 1 aliphatic heterocycles. The van der Waals surface area contributed by atoms with Crippen LogP contribution in [0.2, 0.25) is 5.02 Å². The molecule has 1 aromatic heterocycles. The van der Waals surface area contributed by atoms with Crippen LogP contribution in [0.25, 0.3) is 0 Å². The summed E-state index contributed by atoms with van der Waals surface area (Å²) in [4.78, 5) is 33.5. The van der Waals surface area contributed by atoms with E-state index < -0.39 is 0 Å². The number of nitrogens with zero attached hydrogens (tertiary/aromatic N) is 3. The van der Waals surface area contributed by atoms with Gasteiger partial charge < -0.3 is 9.80 Å². The second-order valence-electron chi connectivity index (χ2n) is 7.62. The van der Waals surface area contributed by atoms with Crippen molar-refractivity contribution in [3.05, 3.63) is 64.9 Å². The second kappa shape index (κ2) is 6.97. The molecule has 2 fully saturated rings. The Balaban J connectivity index is 1.38. The molecule has 2 aliphatic rings. The first-order valence-electron chi connectivity index (χ1n) is 9.18. The highest BCUT2D eigenvalue weighted by Crippen LogP contribution is 2.59. The van der Waals surface area contributed by atoms with Crippen LogP contribution >= 0.6 is 11.6 Å². The van der Waals surface area contributed by atoms with E-state index in [0.29, 0.717) is 30.2 Å². The lowest BCUT2D eigenvalue weighted by atomic mass is 10.0. The van der Waals surface area contributed by atoms with Gasteiger partial charge in [0.15, 0.2) is 0 Å². The van der Waals surface area contributed by atoms with Crippen LogP contribution in [0.15, 0.2) is 48.7 Å². The smallest absolute Gasteiger partial charge is 0.253 e. The molecule has 4 rings (SSSR count). The van der Waals surface area contributed by atoms with E-state index in [1.807, 2.05) is 30.1 Å². The zero-order valence-electron chi connectivity index (χ0n) is 15.3. The number of carbonyl (C=O) groups excluding carboxylic acids is 2. The first-order valence-corrected chi connectivity index (χ1v) is 9.56. The number of halogens is 1. The molecule has 1 spiro atoms. The number of carbonyl (C=O) groups is 2. The summed E-state index contributed by atoms with van der Waals surface area (Å²) in [5.74, 6) is 0.149. The van der Waals surface area contributed by atoms with Gasteiger partial charge in [-0.15, -0.1) is 0 Å². The van der Waals surface area contributed by atoms with Crippen LogP contribution in [0, 0.1) is 11.3 Å². The van der Waals surface area contributed by atoms with Gasteiger partial charge in [0.2, 0.25) is 5.91 Å². The second-order valence-corrected chi connectivity index (χ2v) is 8.06. The van der Waals surface area contributed by atoms with Gasteiger partial charge in [-0.2, -0.15) is 0 Å². The number of amides is 2. The summed E-state index contributed by atoms with van der Waals surface area (Å²) < 4.78 is 0. The Labute approximate surface area is 163 Å². The van der Waals surface area contributed by atoms with Crippen LogP contribution in [0.3, 0.4) is 0 Å². The van der Waals surface area contributed by atoms with Crippen molar-refractivity contribution in [3.63, 3.8) is 0 Å². The Hall–Kier alpha value is -2.40. The SMILES string of the molecule is CN(Cc1ccccn1)C(=O)[C@H]1C[C@@]12CCN(C(=O)c1cccc(Cl)c1)C2. The van der Waals surface area contributed by atoms with Gasteiger partial charge in [0.1, 0.15) is 0 Å². The van der Waals surface area contributed by atoms with Gasteiger partial charge in [-0.1, -0.05) is 23.7 Å². The van der Waals surface area contributed by atoms with E-state index in [9.17, 15) is 9.59 Å². The fraction of sp³-hybridized carbons (Fsp3) is 0.381. The van der Waals surface area contributed by atoms with Crippen LogP contribution in [-0.2, 0) is 11.3 Å². The highest BCUT2D eigenvalue weighted by atomic mass is 35.5. The molecule has 2 heterocycles. The largest absolute Gasteiger partial charge is 0.340 e. The van der Waals surface area contributed by atoms with Crippen LogP contribution in [0.1, 0.15) is 28.9 Å². The maximum Gasteiger partial charge on any atom is 0.253 e. The molecule has 6 heteroatoms. The molecular weight excluding hydrogens is 362 g/mol. The van der Waals surface area contributed by atoms with Gasteiger partial charge in [0.05, 0.1) is 12.2 Å². The van der Waals surface area contributed by atoms with Crippen molar-refractivity contribution in [2.45, 2.75) is 19.4 Å². The molecule has 1 aliphatic carbocycles.